The highest BCUT2D eigenvalue weighted by Crippen LogP contribution is 2.31. The third-order valence-electron chi connectivity index (χ3n) is 4.89. The Morgan fingerprint density at radius 1 is 1.03 bits per heavy atom. The number of nitrogens with one attached hydrogen (secondary N) is 1. The molecule has 0 saturated heterocycles. The van der Waals surface area contributed by atoms with Gasteiger partial charge in [-0.05, 0) is 25.0 Å². The van der Waals surface area contributed by atoms with E-state index in [0.29, 0.717) is 23.4 Å². The molecule has 0 fully saturated rings. The fraction of sp³-hybridized carbons (Fsp3) is 0.286. The largest absolute Gasteiger partial charge is 0.240 e. The Bertz CT molecular complexity index is 1310. The summed E-state index contributed by atoms with van der Waals surface area (Å²) in [6.07, 6.45) is 1.69. The average Bonchev–Trinajstić information content (AvgIpc) is 3.11. The first kappa shape index (κ1) is 19.5. The van der Waals surface area contributed by atoms with E-state index in [9.17, 15) is 8.42 Å². The van der Waals surface area contributed by atoms with Gasteiger partial charge in [-0.25, -0.2) is 13.1 Å². The lowest BCUT2D eigenvalue weighted by molar-refractivity contribution is 0.583. The van der Waals surface area contributed by atoms with Crippen LogP contribution in [0, 0.1) is 6.92 Å². The molecule has 0 bridgehead atoms. The lowest BCUT2D eigenvalue weighted by Crippen LogP contribution is -2.24. The highest BCUT2D eigenvalue weighted by atomic mass is 32.2. The maximum Gasteiger partial charge on any atom is 0.240 e. The summed E-state index contributed by atoms with van der Waals surface area (Å²) in [4.78, 5) is 0.264. The van der Waals surface area contributed by atoms with Crippen molar-refractivity contribution < 1.29 is 8.42 Å². The van der Waals surface area contributed by atoms with Crippen molar-refractivity contribution in [2.45, 2.75) is 38.5 Å². The van der Waals surface area contributed by atoms with Gasteiger partial charge in [-0.2, -0.15) is 9.61 Å². The zero-order chi connectivity index (χ0) is 20.6. The van der Waals surface area contributed by atoms with Crippen LogP contribution in [0.4, 0.5) is 0 Å². The van der Waals surface area contributed by atoms with Crippen molar-refractivity contribution in [3.05, 3.63) is 53.9 Å². The molecule has 0 aliphatic rings. The summed E-state index contributed by atoms with van der Waals surface area (Å²) in [6.45, 7) is 5.98. The van der Waals surface area contributed by atoms with E-state index in [4.69, 9.17) is 5.10 Å². The molecule has 0 radical (unpaired) electrons. The fourth-order valence-corrected chi connectivity index (χ4v) is 4.83. The Labute approximate surface area is 169 Å². The number of benzene rings is 2. The molecule has 0 aliphatic carbocycles. The van der Waals surface area contributed by atoms with Crippen LogP contribution >= 0.6 is 0 Å². The van der Waals surface area contributed by atoms with Crippen molar-refractivity contribution in [1.29, 1.82) is 0 Å². The average molecular weight is 410 g/mol. The third-order valence-corrected chi connectivity index (χ3v) is 6.57. The Morgan fingerprint density at radius 3 is 2.52 bits per heavy atom. The monoisotopic (exact) mass is 409 g/mol. The summed E-state index contributed by atoms with van der Waals surface area (Å²) < 4.78 is 29.7. The minimum atomic E-state index is -3.58. The number of rotatable bonds is 6. The van der Waals surface area contributed by atoms with Gasteiger partial charge in [0.2, 0.25) is 10.0 Å². The summed E-state index contributed by atoms with van der Waals surface area (Å²) in [7, 11) is -3.58. The van der Waals surface area contributed by atoms with Crippen molar-refractivity contribution in [1.82, 2.24) is 24.5 Å². The third kappa shape index (κ3) is 3.38. The summed E-state index contributed by atoms with van der Waals surface area (Å²) in [5.74, 6) is 0.794. The van der Waals surface area contributed by atoms with Gasteiger partial charge in [-0.15, -0.1) is 10.2 Å². The van der Waals surface area contributed by atoms with Gasteiger partial charge in [0, 0.05) is 29.3 Å². The van der Waals surface area contributed by atoms with Crippen molar-refractivity contribution in [2.24, 2.45) is 0 Å². The molecule has 29 heavy (non-hydrogen) atoms. The van der Waals surface area contributed by atoms with Crippen LogP contribution in [-0.2, 0) is 16.4 Å². The minimum absolute atomic E-state index is 0.264. The van der Waals surface area contributed by atoms with Crippen LogP contribution in [-0.4, -0.2) is 34.8 Å². The van der Waals surface area contributed by atoms with Gasteiger partial charge in [-0.3, -0.25) is 0 Å². The summed E-state index contributed by atoms with van der Waals surface area (Å²) in [6, 6.07) is 13.3. The van der Waals surface area contributed by atoms with Crippen LogP contribution in [0.15, 0.2) is 47.4 Å². The molecule has 0 aliphatic heterocycles. The number of nitrogens with zero attached hydrogens (tertiary/aromatic N) is 4. The molecule has 8 heteroatoms. The van der Waals surface area contributed by atoms with Crippen LogP contribution in [0.25, 0.3) is 27.7 Å². The van der Waals surface area contributed by atoms with Crippen molar-refractivity contribution in [3.8, 4) is 11.3 Å². The Balaban J connectivity index is 2.01. The van der Waals surface area contributed by atoms with Gasteiger partial charge < -0.3 is 0 Å². The van der Waals surface area contributed by atoms with E-state index in [0.717, 1.165) is 35.0 Å². The molecule has 0 saturated carbocycles. The number of aryl methyl sites for hydroxylation is 2. The molecule has 150 valence electrons. The lowest BCUT2D eigenvalue weighted by Gasteiger charge is -2.12. The molecule has 7 nitrogen and oxygen atoms in total. The molecule has 0 atom stereocenters. The van der Waals surface area contributed by atoms with Crippen molar-refractivity contribution >= 4 is 26.4 Å². The van der Waals surface area contributed by atoms with Crippen LogP contribution in [0.2, 0.25) is 0 Å². The number of aromatic nitrogens is 4. The normalized spacial score (nSPS) is 12.1. The molecular weight excluding hydrogens is 386 g/mol. The van der Waals surface area contributed by atoms with E-state index >= 15 is 0 Å². The van der Waals surface area contributed by atoms with Gasteiger partial charge >= 0.3 is 0 Å². The quantitative estimate of drug-likeness (QED) is 0.526. The number of hydrogen-bond donors (Lipinski definition) is 1. The van der Waals surface area contributed by atoms with Gasteiger partial charge in [0.1, 0.15) is 0 Å². The Morgan fingerprint density at radius 2 is 1.79 bits per heavy atom. The van der Waals surface area contributed by atoms with Crippen molar-refractivity contribution in [2.75, 3.05) is 6.54 Å². The Hall–Kier alpha value is -2.84. The van der Waals surface area contributed by atoms with Crippen LogP contribution in [0.1, 0.15) is 31.7 Å². The minimum Gasteiger partial charge on any atom is -0.211 e. The van der Waals surface area contributed by atoms with E-state index in [2.05, 4.69) is 21.8 Å². The fourth-order valence-electron chi connectivity index (χ4n) is 3.52. The molecule has 4 rings (SSSR count). The summed E-state index contributed by atoms with van der Waals surface area (Å²) in [5.41, 5.74) is 2.84. The van der Waals surface area contributed by atoms with Gasteiger partial charge in [0.15, 0.2) is 11.5 Å². The smallest absolute Gasteiger partial charge is 0.211 e. The molecule has 0 unspecified atom stereocenters. The van der Waals surface area contributed by atoms with Crippen LogP contribution in [0.3, 0.4) is 0 Å². The second kappa shape index (κ2) is 7.53. The maximum absolute atomic E-state index is 12.7. The first-order valence-electron chi connectivity index (χ1n) is 9.70. The van der Waals surface area contributed by atoms with Gasteiger partial charge in [0.25, 0.3) is 0 Å². The molecule has 0 spiro atoms. The topological polar surface area (TPSA) is 89.2 Å². The second-order valence-electron chi connectivity index (χ2n) is 6.98. The number of hydrogen-bond acceptors (Lipinski definition) is 5. The zero-order valence-electron chi connectivity index (χ0n) is 16.7. The first-order valence-corrected chi connectivity index (χ1v) is 11.2. The predicted octanol–water partition coefficient (Wildman–Crippen LogP) is 3.50. The SMILES string of the molecule is CCCc1nnc2c3ccccc3c(-c3ccc(C)c(S(=O)(=O)NCC)c3)nn12. The molecule has 1 N–H and O–H groups in total. The summed E-state index contributed by atoms with van der Waals surface area (Å²) in [5, 5.41) is 15.3. The van der Waals surface area contributed by atoms with E-state index in [-0.39, 0.29) is 4.90 Å². The molecule has 4 aromatic rings. The Kier molecular flexibility index (Phi) is 5.06. The van der Waals surface area contributed by atoms with Gasteiger partial charge in [0.05, 0.1) is 10.6 Å². The van der Waals surface area contributed by atoms with Crippen LogP contribution in [0.5, 0.6) is 0 Å². The van der Waals surface area contributed by atoms with E-state index in [1.807, 2.05) is 36.4 Å². The first-order chi connectivity index (χ1) is 14.0. The number of sulfonamides is 1. The van der Waals surface area contributed by atoms with Crippen LogP contribution < -0.4 is 4.72 Å². The summed E-state index contributed by atoms with van der Waals surface area (Å²) >= 11 is 0. The van der Waals surface area contributed by atoms with E-state index in [1.165, 1.54) is 0 Å². The highest BCUT2D eigenvalue weighted by Gasteiger charge is 2.19. The molecule has 2 aromatic carbocycles. The lowest BCUT2D eigenvalue weighted by atomic mass is 10.0. The molecule has 2 heterocycles. The van der Waals surface area contributed by atoms with E-state index < -0.39 is 10.0 Å². The second-order valence-corrected chi connectivity index (χ2v) is 8.71. The van der Waals surface area contributed by atoms with E-state index in [1.54, 1.807) is 24.4 Å². The predicted molar refractivity (Wildman–Crippen MR) is 113 cm³/mol. The highest BCUT2D eigenvalue weighted by molar-refractivity contribution is 7.89. The number of fused-ring (bicyclic) bond motifs is 3. The molecular formula is C21H23N5O2S. The molecule has 0 amide bonds. The van der Waals surface area contributed by atoms with Crippen molar-refractivity contribution in [3.63, 3.8) is 0 Å². The molecule has 2 aromatic heterocycles. The van der Waals surface area contributed by atoms with Gasteiger partial charge in [-0.1, -0.05) is 50.2 Å². The zero-order valence-corrected chi connectivity index (χ0v) is 17.5. The maximum atomic E-state index is 12.7. The standard InChI is InChI=1S/C21H23N5O2S/c1-4-8-19-23-24-21-17-10-7-6-9-16(17)20(25-26(19)21)15-12-11-14(3)18(13-15)29(27,28)22-5-2/h6-7,9-13,22H,4-5,8H2,1-3H3.